The second-order valence-electron chi connectivity index (χ2n) is 4.29. The van der Waals surface area contributed by atoms with Gasteiger partial charge < -0.3 is 10.2 Å². The van der Waals surface area contributed by atoms with Gasteiger partial charge in [0.25, 0.3) is 10.0 Å². The quantitative estimate of drug-likeness (QED) is 0.936. The molecule has 108 valence electrons. The molecule has 1 aromatic heterocycles. The van der Waals surface area contributed by atoms with Crippen LogP contribution in [0.1, 0.15) is 11.5 Å². The molecule has 0 aliphatic heterocycles. The Bertz CT molecular complexity index is 708. The zero-order chi connectivity index (χ0) is 14.9. The number of hydrogen-bond donors (Lipinski definition) is 1. The first-order chi connectivity index (χ1) is 9.36. The largest absolute Gasteiger partial charge is 0.464 e. The summed E-state index contributed by atoms with van der Waals surface area (Å²) in [6.07, 6.45) is 0. The maximum Gasteiger partial charge on any atom is 0.267 e. The van der Waals surface area contributed by atoms with Crippen LogP contribution in [0.4, 0.5) is 10.1 Å². The number of benzene rings is 1. The van der Waals surface area contributed by atoms with Crippen LogP contribution in [-0.2, 0) is 16.6 Å². The fourth-order valence-corrected chi connectivity index (χ4v) is 3.20. The molecule has 0 saturated heterocycles. The Morgan fingerprint density at radius 1 is 1.30 bits per heavy atom. The second kappa shape index (κ2) is 5.26. The molecule has 0 spiro atoms. The molecule has 0 radical (unpaired) electrons. The number of nitrogens with two attached hydrogens (primary N) is 1. The topological polar surface area (TPSA) is 76.5 Å². The average Bonchev–Trinajstić information content (AvgIpc) is 2.81. The minimum absolute atomic E-state index is 0.0600. The van der Waals surface area contributed by atoms with E-state index in [-0.39, 0.29) is 17.2 Å². The molecule has 0 fully saturated rings. The van der Waals surface area contributed by atoms with Gasteiger partial charge >= 0.3 is 0 Å². The third-order valence-corrected chi connectivity index (χ3v) is 4.85. The maximum atomic E-state index is 12.9. The van der Waals surface area contributed by atoms with E-state index in [1.807, 2.05) is 0 Å². The van der Waals surface area contributed by atoms with Crippen LogP contribution in [-0.4, -0.2) is 15.5 Å². The molecular formula is C13H15FN2O3S. The Kier molecular flexibility index (Phi) is 3.82. The molecule has 0 unspecified atom stereocenters. The van der Waals surface area contributed by atoms with Gasteiger partial charge in [0.15, 0.2) is 0 Å². The van der Waals surface area contributed by atoms with Crippen molar-refractivity contribution in [3.63, 3.8) is 0 Å². The fourth-order valence-electron chi connectivity index (χ4n) is 1.82. The van der Waals surface area contributed by atoms with Gasteiger partial charge in [-0.2, -0.15) is 0 Å². The maximum absolute atomic E-state index is 12.9. The predicted octanol–water partition coefficient (Wildman–Crippen LogP) is 2.01. The minimum atomic E-state index is -3.76. The number of halogens is 1. The molecule has 0 aliphatic carbocycles. The number of sulfonamides is 1. The van der Waals surface area contributed by atoms with E-state index >= 15 is 0 Å². The molecule has 7 heteroatoms. The molecule has 0 bridgehead atoms. The Morgan fingerprint density at radius 2 is 1.90 bits per heavy atom. The monoisotopic (exact) mass is 298 g/mol. The summed E-state index contributed by atoms with van der Waals surface area (Å²) in [6.45, 7) is 1.68. The van der Waals surface area contributed by atoms with Gasteiger partial charge in [0.2, 0.25) is 0 Å². The van der Waals surface area contributed by atoms with Gasteiger partial charge in [-0.1, -0.05) is 0 Å². The van der Waals surface area contributed by atoms with Gasteiger partial charge in [-0.15, -0.1) is 0 Å². The van der Waals surface area contributed by atoms with Gasteiger partial charge in [-0.25, -0.2) is 12.8 Å². The molecule has 0 atom stereocenters. The summed E-state index contributed by atoms with van der Waals surface area (Å²) in [6, 6.07) is 6.60. The fraction of sp³-hybridized carbons (Fsp3) is 0.231. The molecule has 2 aromatic rings. The van der Waals surface area contributed by atoms with Crippen molar-refractivity contribution in [2.75, 3.05) is 11.4 Å². The Hall–Kier alpha value is -1.86. The van der Waals surface area contributed by atoms with Crippen LogP contribution in [0.3, 0.4) is 0 Å². The van der Waals surface area contributed by atoms with Crippen LogP contribution in [0.25, 0.3) is 0 Å². The highest BCUT2D eigenvalue weighted by Gasteiger charge is 2.26. The third kappa shape index (κ3) is 2.54. The molecule has 1 aromatic carbocycles. The first-order valence-corrected chi connectivity index (χ1v) is 7.34. The molecule has 1 heterocycles. The van der Waals surface area contributed by atoms with Crippen molar-refractivity contribution < 1.29 is 17.2 Å². The lowest BCUT2D eigenvalue weighted by atomic mass is 10.3. The number of nitrogens with zero attached hydrogens (tertiary/aromatic N) is 1. The van der Waals surface area contributed by atoms with E-state index in [9.17, 15) is 12.8 Å². The van der Waals surface area contributed by atoms with E-state index in [1.165, 1.54) is 37.4 Å². The lowest BCUT2D eigenvalue weighted by Crippen LogP contribution is -2.26. The molecule has 20 heavy (non-hydrogen) atoms. The van der Waals surface area contributed by atoms with E-state index in [1.54, 1.807) is 6.92 Å². The van der Waals surface area contributed by atoms with Crippen LogP contribution in [0.15, 0.2) is 39.6 Å². The molecule has 0 aliphatic rings. The highest BCUT2D eigenvalue weighted by atomic mass is 32.2. The van der Waals surface area contributed by atoms with Crippen molar-refractivity contribution in [1.29, 1.82) is 0 Å². The lowest BCUT2D eigenvalue weighted by Gasteiger charge is -2.18. The molecule has 5 nitrogen and oxygen atoms in total. The van der Waals surface area contributed by atoms with Gasteiger partial charge in [0, 0.05) is 13.1 Å². The zero-order valence-corrected chi connectivity index (χ0v) is 11.9. The number of rotatable bonds is 4. The summed E-state index contributed by atoms with van der Waals surface area (Å²) in [7, 11) is -2.36. The number of aryl methyl sites for hydroxylation is 1. The van der Waals surface area contributed by atoms with Gasteiger partial charge in [0.1, 0.15) is 22.2 Å². The summed E-state index contributed by atoms with van der Waals surface area (Å²) in [4.78, 5) is 0.0600. The van der Waals surface area contributed by atoms with Crippen molar-refractivity contribution in [3.8, 4) is 0 Å². The van der Waals surface area contributed by atoms with Crippen LogP contribution in [0, 0.1) is 12.7 Å². The first-order valence-electron chi connectivity index (χ1n) is 5.90. The van der Waals surface area contributed by atoms with Gasteiger partial charge in [-0.05, 0) is 31.2 Å². The summed E-state index contributed by atoms with van der Waals surface area (Å²) >= 11 is 0. The van der Waals surface area contributed by atoms with Crippen molar-refractivity contribution >= 4 is 15.7 Å². The normalized spacial score (nSPS) is 11.6. The summed E-state index contributed by atoms with van der Waals surface area (Å²) in [5.74, 6) is 0.248. The van der Waals surface area contributed by atoms with Crippen molar-refractivity contribution in [3.05, 3.63) is 47.7 Å². The van der Waals surface area contributed by atoms with Crippen molar-refractivity contribution in [1.82, 2.24) is 0 Å². The molecule has 2 N–H and O–H groups in total. The molecular weight excluding hydrogens is 283 g/mol. The Balaban J connectivity index is 2.43. The summed E-state index contributed by atoms with van der Waals surface area (Å²) in [5, 5.41) is 0. The highest BCUT2D eigenvalue weighted by molar-refractivity contribution is 7.92. The zero-order valence-electron chi connectivity index (χ0n) is 11.1. The summed E-state index contributed by atoms with van der Waals surface area (Å²) < 4.78 is 44.2. The lowest BCUT2D eigenvalue weighted by molar-refractivity contribution is 0.479. The molecule has 0 amide bonds. The number of hydrogen-bond acceptors (Lipinski definition) is 4. The van der Waals surface area contributed by atoms with Crippen molar-refractivity contribution in [2.45, 2.75) is 18.4 Å². The van der Waals surface area contributed by atoms with Gasteiger partial charge in [-0.3, -0.25) is 4.31 Å². The van der Waals surface area contributed by atoms with Crippen LogP contribution in [0.2, 0.25) is 0 Å². The van der Waals surface area contributed by atoms with Crippen LogP contribution >= 0.6 is 0 Å². The van der Waals surface area contributed by atoms with E-state index in [4.69, 9.17) is 10.2 Å². The van der Waals surface area contributed by atoms with E-state index in [0.717, 1.165) is 4.31 Å². The highest BCUT2D eigenvalue weighted by Crippen LogP contribution is 2.26. The summed E-state index contributed by atoms with van der Waals surface area (Å²) in [5.41, 5.74) is 5.80. The Labute approximate surface area is 116 Å². The average molecular weight is 298 g/mol. The predicted molar refractivity (Wildman–Crippen MR) is 73.3 cm³/mol. The van der Waals surface area contributed by atoms with Crippen LogP contribution < -0.4 is 10.0 Å². The van der Waals surface area contributed by atoms with Crippen LogP contribution in [0.5, 0.6) is 0 Å². The number of anilines is 1. The van der Waals surface area contributed by atoms with Gasteiger partial charge in [0.05, 0.1) is 12.2 Å². The molecule has 0 saturated carbocycles. The minimum Gasteiger partial charge on any atom is -0.464 e. The SMILES string of the molecule is Cc1oc(CN)cc1S(=O)(=O)N(C)c1ccc(F)cc1. The van der Waals surface area contributed by atoms with Crippen molar-refractivity contribution in [2.24, 2.45) is 5.73 Å². The number of furan rings is 1. The first kappa shape index (κ1) is 14.5. The van der Waals surface area contributed by atoms with E-state index in [2.05, 4.69) is 0 Å². The third-order valence-electron chi connectivity index (χ3n) is 2.95. The standard InChI is InChI=1S/C13H15FN2O3S/c1-9-13(7-12(8-15)19-9)20(17,18)16(2)11-5-3-10(14)4-6-11/h3-7H,8,15H2,1-2H3. The smallest absolute Gasteiger partial charge is 0.267 e. The van der Waals surface area contributed by atoms with E-state index < -0.39 is 15.8 Å². The molecule has 2 rings (SSSR count). The Morgan fingerprint density at radius 3 is 2.40 bits per heavy atom. The van der Waals surface area contributed by atoms with E-state index in [0.29, 0.717) is 11.4 Å². The second-order valence-corrected chi connectivity index (χ2v) is 6.22.